The van der Waals surface area contributed by atoms with Crippen molar-refractivity contribution >= 4 is 23.6 Å². The molecule has 0 bridgehead atoms. The maximum atomic E-state index is 12.3. The van der Waals surface area contributed by atoms with Crippen LogP contribution in [0.2, 0.25) is 0 Å². The van der Waals surface area contributed by atoms with Crippen LogP contribution >= 0.6 is 11.8 Å². The molecule has 5 heteroatoms. The van der Waals surface area contributed by atoms with Gasteiger partial charge in [0, 0.05) is 11.3 Å². The van der Waals surface area contributed by atoms with Crippen LogP contribution in [0.25, 0.3) is 0 Å². The van der Waals surface area contributed by atoms with Gasteiger partial charge >= 0.3 is 0 Å². The Morgan fingerprint density at radius 2 is 2.00 bits per heavy atom. The molecule has 1 atom stereocenters. The molecule has 1 saturated heterocycles. The molecule has 2 aliphatic rings. The number of carbonyl (C=O) groups excluding carboxylic acids is 2. The van der Waals surface area contributed by atoms with Crippen LogP contribution in [-0.2, 0) is 9.59 Å². The molecular weight excluding hydrogens is 236 g/mol. The molecule has 1 aliphatic carbocycles. The average Bonchev–Trinajstić information content (AvgIpc) is 3.02. The van der Waals surface area contributed by atoms with Gasteiger partial charge in [0.15, 0.2) is 0 Å². The van der Waals surface area contributed by atoms with Crippen molar-refractivity contribution in [2.75, 3.05) is 12.8 Å². The van der Waals surface area contributed by atoms with Crippen molar-refractivity contribution in [3.05, 3.63) is 0 Å². The molecule has 1 unspecified atom stereocenters. The summed E-state index contributed by atoms with van der Waals surface area (Å²) in [6, 6.07) is -0.347. The van der Waals surface area contributed by atoms with Crippen molar-refractivity contribution in [1.82, 2.24) is 10.2 Å². The first kappa shape index (κ1) is 12.7. The molecule has 1 N–H and O–H groups in total. The molecule has 1 saturated carbocycles. The van der Waals surface area contributed by atoms with E-state index in [4.69, 9.17) is 0 Å². The lowest BCUT2D eigenvalue weighted by Gasteiger charge is -2.42. The number of hydrogen-bond acceptors (Lipinski definition) is 3. The number of amides is 2. The van der Waals surface area contributed by atoms with Crippen LogP contribution in [0.5, 0.6) is 0 Å². The molecule has 1 heterocycles. The lowest BCUT2D eigenvalue weighted by atomic mass is 9.97. The Labute approximate surface area is 106 Å². The van der Waals surface area contributed by atoms with Crippen molar-refractivity contribution in [2.24, 2.45) is 0 Å². The van der Waals surface area contributed by atoms with E-state index < -0.39 is 5.54 Å². The molecule has 0 aromatic carbocycles. The Hall–Kier alpha value is -0.710. The second-order valence-electron chi connectivity index (χ2n) is 5.61. The second-order valence-corrected chi connectivity index (χ2v) is 6.88. The number of piperazine rings is 1. The summed E-state index contributed by atoms with van der Waals surface area (Å²) in [5.41, 5.74) is -0.766. The maximum Gasteiger partial charge on any atom is 0.248 e. The largest absolute Gasteiger partial charge is 0.340 e. The number of nitrogens with zero attached hydrogens (tertiary/aromatic N) is 1. The molecule has 0 aromatic rings. The number of nitrogens with one attached hydrogen (secondary N) is 1. The standard InChI is InChI=1S/C12H20N2O2S/c1-8-9(15)13-11(2,3)10(16)14(8)7-12(17-4)5-6-12/h8H,5-7H2,1-4H3,(H,13,15). The third-order valence-electron chi connectivity index (χ3n) is 3.78. The molecule has 17 heavy (non-hydrogen) atoms. The van der Waals surface area contributed by atoms with E-state index in [9.17, 15) is 9.59 Å². The Bertz CT molecular complexity index is 364. The second kappa shape index (κ2) is 3.90. The summed E-state index contributed by atoms with van der Waals surface area (Å²) >= 11 is 1.81. The van der Waals surface area contributed by atoms with Crippen molar-refractivity contribution in [2.45, 2.75) is 49.9 Å². The molecule has 96 valence electrons. The first-order valence-corrected chi connectivity index (χ1v) is 7.22. The van der Waals surface area contributed by atoms with Crippen LogP contribution in [0, 0.1) is 0 Å². The smallest absolute Gasteiger partial charge is 0.248 e. The van der Waals surface area contributed by atoms with Crippen LogP contribution in [-0.4, -0.2) is 45.8 Å². The van der Waals surface area contributed by atoms with Crippen molar-refractivity contribution < 1.29 is 9.59 Å². The van der Waals surface area contributed by atoms with Gasteiger partial charge in [0.25, 0.3) is 0 Å². The zero-order chi connectivity index (χ0) is 12.8. The van der Waals surface area contributed by atoms with Crippen LogP contribution in [0.1, 0.15) is 33.6 Å². The Morgan fingerprint density at radius 1 is 1.41 bits per heavy atom. The minimum Gasteiger partial charge on any atom is -0.340 e. The summed E-state index contributed by atoms with van der Waals surface area (Å²) in [5, 5.41) is 2.77. The van der Waals surface area contributed by atoms with E-state index in [-0.39, 0.29) is 22.6 Å². The van der Waals surface area contributed by atoms with E-state index >= 15 is 0 Å². The third-order valence-corrected chi connectivity index (χ3v) is 5.18. The normalized spacial score (nSPS) is 30.1. The van der Waals surface area contributed by atoms with E-state index in [0.29, 0.717) is 6.54 Å². The molecule has 0 spiro atoms. The molecule has 0 radical (unpaired) electrons. The molecule has 2 rings (SSSR count). The van der Waals surface area contributed by atoms with Crippen LogP contribution in [0.15, 0.2) is 0 Å². The quantitative estimate of drug-likeness (QED) is 0.820. The monoisotopic (exact) mass is 256 g/mol. The number of thioether (sulfide) groups is 1. The predicted octanol–water partition coefficient (Wildman–Crippen LogP) is 1.01. The van der Waals surface area contributed by atoms with Gasteiger partial charge in [-0.1, -0.05) is 0 Å². The Morgan fingerprint density at radius 3 is 2.47 bits per heavy atom. The average molecular weight is 256 g/mol. The minimum atomic E-state index is -0.766. The van der Waals surface area contributed by atoms with Crippen LogP contribution in [0.4, 0.5) is 0 Å². The highest BCUT2D eigenvalue weighted by Gasteiger charge is 2.50. The van der Waals surface area contributed by atoms with Gasteiger partial charge in [-0.2, -0.15) is 11.8 Å². The van der Waals surface area contributed by atoms with Crippen LogP contribution < -0.4 is 5.32 Å². The van der Waals surface area contributed by atoms with E-state index in [1.54, 1.807) is 25.7 Å². The highest BCUT2D eigenvalue weighted by Crippen LogP contribution is 2.48. The van der Waals surface area contributed by atoms with Crippen molar-refractivity contribution in [3.63, 3.8) is 0 Å². The minimum absolute atomic E-state index is 0.0323. The molecule has 0 aromatic heterocycles. The number of carbonyl (C=O) groups is 2. The first-order chi connectivity index (χ1) is 7.81. The summed E-state index contributed by atoms with van der Waals surface area (Å²) in [6.45, 7) is 6.04. The van der Waals surface area contributed by atoms with E-state index in [1.807, 2.05) is 11.8 Å². The lowest BCUT2D eigenvalue weighted by Crippen LogP contribution is -2.68. The third kappa shape index (κ3) is 2.17. The van der Waals surface area contributed by atoms with Crippen LogP contribution in [0.3, 0.4) is 0 Å². The molecule has 2 fully saturated rings. The Kier molecular flexibility index (Phi) is 2.92. The molecule has 1 aliphatic heterocycles. The zero-order valence-corrected chi connectivity index (χ0v) is 11.7. The fraction of sp³-hybridized carbons (Fsp3) is 0.833. The Balaban J connectivity index is 2.18. The highest BCUT2D eigenvalue weighted by molar-refractivity contribution is 8.00. The number of rotatable bonds is 3. The summed E-state index contributed by atoms with van der Waals surface area (Å²) in [4.78, 5) is 25.9. The van der Waals surface area contributed by atoms with Gasteiger partial charge in [-0.15, -0.1) is 0 Å². The van der Waals surface area contributed by atoms with Gasteiger partial charge in [0.1, 0.15) is 11.6 Å². The number of hydrogen-bond donors (Lipinski definition) is 1. The van der Waals surface area contributed by atoms with E-state index in [0.717, 1.165) is 12.8 Å². The van der Waals surface area contributed by atoms with E-state index in [1.165, 1.54) is 0 Å². The predicted molar refractivity (Wildman–Crippen MR) is 68.9 cm³/mol. The maximum absolute atomic E-state index is 12.3. The van der Waals surface area contributed by atoms with E-state index in [2.05, 4.69) is 11.6 Å². The van der Waals surface area contributed by atoms with Gasteiger partial charge in [0.05, 0.1) is 0 Å². The fourth-order valence-electron chi connectivity index (χ4n) is 2.23. The SMILES string of the molecule is CSC1(CN2C(=O)C(C)(C)NC(=O)C2C)CC1. The van der Waals surface area contributed by atoms with Gasteiger partial charge in [-0.25, -0.2) is 0 Å². The topological polar surface area (TPSA) is 49.4 Å². The lowest BCUT2D eigenvalue weighted by molar-refractivity contribution is -0.152. The summed E-state index contributed by atoms with van der Waals surface area (Å²) in [6.07, 6.45) is 4.37. The van der Waals surface area contributed by atoms with Gasteiger partial charge in [-0.05, 0) is 39.9 Å². The highest BCUT2D eigenvalue weighted by atomic mass is 32.2. The van der Waals surface area contributed by atoms with Gasteiger partial charge in [0.2, 0.25) is 11.8 Å². The summed E-state index contributed by atoms with van der Waals surface area (Å²) in [7, 11) is 0. The van der Waals surface area contributed by atoms with Crippen molar-refractivity contribution in [1.29, 1.82) is 0 Å². The summed E-state index contributed by atoms with van der Waals surface area (Å²) in [5.74, 6) is -0.0172. The molecular formula is C12H20N2O2S. The first-order valence-electron chi connectivity index (χ1n) is 6.00. The van der Waals surface area contributed by atoms with Gasteiger partial charge in [-0.3, -0.25) is 9.59 Å². The molecule has 2 amide bonds. The fourth-order valence-corrected chi connectivity index (χ4v) is 3.01. The van der Waals surface area contributed by atoms with Crippen molar-refractivity contribution in [3.8, 4) is 0 Å². The summed E-state index contributed by atoms with van der Waals surface area (Å²) < 4.78 is 0.206. The molecule has 4 nitrogen and oxygen atoms in total. The zero-order valence-electron chi connectivity index (χ0n) is 10.9. The van der Waals surface area contributed by atoms with Gasteiger partial charge < -0.3 is 10.2 Å².